The van der Waals surface area contributed by atoms with Gasteiger partial charge in [-0.3, -0.25) is 9.69 Å². The van der Waals surface area contributed by atoms with E-state index < -0.39 is 17.6 Å². The van der Waals surface area contributed by atoms with Crippen molar-refractivity contribution in [3.8, 4) is 11.5 Å². The Labute approximate surface area is 252 Å². The quantitative estimate of drug-likeness (QED) is 0.252. The van der Waals surface area contributed by atoms with Crippen LogP contribution in [0.25, 0.3) is 11.0 Å². The van der Waals surface area contributed by atoms with Crippen LogP contribution in [0, 0.1) is 5.82 Å². The number of fused-ring (bicyclic) bond motifs is 2. The number of aliphatic imine (C=N–C) groups is 1. The van der Waals surface area contributed by atoms with Crippen molar-refractivity contribution in [1.29, 1.82) is 0 Å². The standard InChI is InChI=1S/C32H30ClFN4O5/c1-19(39)35-12-15-38-27-16-21(31(40)41)6-9-26(27)36-29(38)18-37-13-10-20(11-14-37)23-4-3-5-28-30(23)43-32(2,42-28)24-8-7-22(33)17-25(24)34/h3-9,12,16-17,20H,10-11,13-15,18H2,1-2H3,(H,40,41). The summed E-state index contributed by atoms with van der Waals surface area (Å²) < 4.78 is 29.2. The van der Waals surface area contributed by atoms with E-state index >= 15 is 0 Å². The molecular weight excluding hydrogens is 575 g/mol. The first-order valence-electron chi connectivity index (χ1n) is 14.1. The Balaban J connectivity index is 1.19. The van der Waals surface area contributed by atoms with Gasteiger partial charge in [-0.2, -0.15) is 0 Å². The summed E-state index contributed by atoms with van der Waals surface area (Å²) in [6, 6.07) is 15.1. The molecule has 0 radical (unpaired) electrons. The molecule has 0 saturated carbocycles. The number of rotatable bonds is 7. The number of hydrogen-bond donors (Lipinski definition) is 1. The molecule has 0 aliphatic carbocycles. The highest BCUT2D eigenvalue weighted by Gasteiger charge is 2.43. The number of aromatic carboxylic acids is 1. The zero-order valence-corrected chi connectivity index (χ0v) is 24.5. The summed E-state index contributed by atoms with van der Waals surface area (Å²) in [5.41, 5.74) is 2.84. The zero-order chi connectivity index (χ0) is 30.3. The van der Waals surface area contributed by atoms with Crippen LogP contribution in [-0.4, -0.2) is 50.7 Å². The maximum Gasteiger partial charge on any atom is 0.335 e. The first-order chi connectivity index (χ1) is 20.6. The Morgan fingerprint density at radius 1 is 1.16 bits per heavy atom. The molecule has 4 aromatic rings. The number of aromatic nitrogens is 2. The van der Waals surface area contributed by atoms with E-state index in [4.69, 9.17) is 26.1 Å². The van der Waals surface area contributed by atoms with E-state index in [1.54, 1.807) is 31.2 Å². The number of imidazole rings is 1. The van der Waals surface area contributed by atoms with Crippen LogP contribution in [0.2, 0.25) is 5.02 Å². The number of likely N-dealkylation sites (tertiary alicyclic amines) is 1. The predicted octanol–water partition coefficient (Wildman–Crippen LogP) is 6.17. The van der Waals surface area contributed by atoms with Gasteiger partial charge in [-0.15, -0.1) is 0 Å². The Kier molecular flexibility index (Phi) is 7.66. The molecule has 1 fully saturated rings. The van der Waals surface area contributed by atoms with Crippen molar-refractivity contribution in [3.63, 3.8) is 0 Å². The number of nitrogens with zero attached hydrogens (tertiary/aromatic N) is 4. The van der Waals surface area contributed by atoms with Crippen LogP contribution in [0.15, 0.2) is 59.6 Å². The lowest BCUT2D eigenvalue weighted by atomic mass is 9.88. The summed E-state index contributed by atoms with van der Waals surface area (Å²) in [5.74, 6) is -0.918. The molecule has 2 aliphatic rings. The van der Waals surface area contributed by atoms with Crippen molar-refractivity contribution < 1.29 is 28.6 Å². The van der Waals surface area contributed by atoms with Gasteiger partial charge in [-0.05, 0) is 74.3 Å². The van der Waals surface area contributed by atoms with Crippen molar-refractivity contribution in [3.05, 3.63) is 88.0 Å². The minimum atomic E-state index is -1.31. The summed E-state index contributed by atoms with van der Waals surface area (Å²) in [6.45, 7) is 5.53. The molecule has 1 amide bonds. The SMILES string of the molecule is CC(=O)N=CCn1c(CN2CCC(c3cccc4c3OC(C)(c3ccc(Cl)cc3F)O4)CC2)nc2ccc(C(=O)O)cc21. The van der Waals surface area contributed by atoms with Gasteiger partial charge in [-0.25, -0.2) is 19.2 Å². The molecule has 1 unspecified atom stereocenters. The van der Waals surface area contributed by atoms with Crippen molar-refractivity contribution in [1.82, 2.24) is 14.5 Å². The molecule has 1 N–H and O–H groups in total. The molecule has 1 aromatic heterocycles. The normalized spacial score (nSPS) is 19.0. The number of para-hydroxylation sites is 1. The molecule has 9 nitrogen and oxygen atoms in total. The summed E-state index contributed by atoms with van der Waals surface area (Å²) in [4.78, 5) is 33.9. The topological polar surface area (TPSA) is 106 Å². The van der Waals surface area contributed by atoms with Crippen molar-refractivity contribution in [2.75, 3.05) is 13.1 Å². The second-order valence-corrected chi connectivity index (χ2v) is 11.4. The highest BCUT2D eigenvalue weighted by Crippen LogP contribution is 2.49. The van der Waals surface area contributed by atoms with Crippen LogP contribution < -0.4 is 9.47 Å². The van der Waals surface area contributed by atoms with Crippen LogP contribution in [0.4, 0.5) is 4.39 Å². The highest BCUT2D eigenvalue weighted by atomic mass is 35.5. The molecule has 3 aromatic carbocycles. The maximum atomic E-state index is 14.8. The van der Waals surface area contributed by atoms with E-state index in [9.17, 15) is 19.1 Å². The summed E-state index contributed by atoms with van der Waals surface area (Å²) in [6.07, 6.45) is 3.25. The van der Waals surface area contributed by atoms with Gasteiger partial charge in [0.05, 0.1) is 35.2 Å². The van der Waals surface area contributed by atoms with Crippen molar-refractivity contribution in [2.24, 2.45) is 4.99 Å². The number of carboxylic acids is 1. The minimum absolute atomic E-state index is 0.168. The molecule has 2 aliphatic heterocycles. The fourth-order valence-electron chi connectivity index (χ4n) is 5.92. The van der Waals surface area contributed by atoms with E-state index in [1.807, 2.05) is 22.8 Å². The lowest BCUT2D eigenvalue weighted by Crippen LogP contribution is -2.34. The minimum Gasteiger partial charge on any atom is -0.478 e. The average Bonchev–Trinajstić information content (AvgIpc) is 3.49. The smallest absolute Gasteiger partial charge is 0.335 e. The number of carbonyl (C=O) groups is 2. The number of ether oxygens (including phenoxy) is 2. The number of hydrogen-bond acceptors (Lipinski definition) is 6. The molecule has 1 saturated heterocycles. The van der Waals surface area contributed by atoms with Crippen LogP contribution in [-0.2, 0) is 23.7 Å². The van der Waals surface area contributed by atoms with Gasteiger partial charge in [0.1, 0.15) is 11.6 Å². The third-order valence-electron chi connectivity index (χ3n) is 8.04. The molecule has 43 heavy (non-hydrogen) atoms. The Hall–Kier alpha value is -4.28. The fourth-order valence-corrected chi connectivity index (χ4v) is 6.08. The Morgan fingerprint density at radius 2 is 1.95 bits per heavy atom. The van der Waals surface area contributed by atoms with Gasteiger partial charge in [0, 0.05) is 30.6 Å². The van der Waals surface area contributed by atoms with Crippen molar-refractivity contribution in [2.45, 2.75) is 51.5 Å². The molecule has 0 bridgehead atoms. The fraction of sp³-hybridized carbons (Fsp3) is 0.312. The number of carboxylic acid groups (broad SMARTS) is 1. The maximum absolute atomic E-state index is 14.8. The molecule has 3 heterocycles. The number of carbonyl (C=O) groups excluding carboxylic acids is 1. The van der Waals surface area contributed by atoms with E-state index in [2.05, 4.69) is 9.89 Å². The van der Waals surface area contributed by atoms with E-state index in [0.29, 0.717) is 40.6 Å². The molecule has 6 rings (SSSR count). The zero-order valence-electron chi connectivity index (χ0n) is 23.7. The van der Waals surface area contributed by atoms with Gasteiger partial charge in [-0.1, -0.05) is 23.7 Å². The van der Waals surface area contributed by atoms with Gasteiger partial charge >= 0.3 is 5.97 Å². The molecule has 0 spiro atoms. The molecular formula is C32H30ClFN4O5. The third kappa shape index (κ3) is 5.72. The lowest BCUT2D eigenvalue weighted by molar-refractivity contribution is -0.115. The average molecular weight is 605 g/mol. The number of halogens is 2. The highest BCUT2D eigenvalue weighted by molar-refractivity contribution is 6.30. The van der Waals surface area contributed by atoms with E-state index in [1.165, 1.54) is 25.3 Å². The van der Waals surface area contributed by atoms with E-state index in [-0.39, 0.29) is 23.0 Å². The second-order valence-electron chi connectivity index (χ2n) is 11.0. The first-order valence-corrected chi connectivity index (χ1v) is 14.4. The Morgan fingerprint density at radius 3 is 2.67 bits per heavy atom. The van der Waals surface area contributed by atoms with Crippen LogP contribution >= 0.6 is 11.6 Å². The molecule has 11 heteroatoms. The summed E-state index contributed by atoms with van der Waals surface area (Å²) in [5, 5.41) is 9.79. The van der Waals surface area contributed by atoms with E-state index in [0.717, 1.165) is 37.3 Å². The summed E-state index contributed by atoms with van der Waals surface area (Å²) >= 11 is 5.96. The monoisotopic (exact) mass is 604 g/mol. The first kappa shape index (κ1) is 28.8. The number of benzene rings is 3. The largest absolute Gasteiger partial charge is 0.478 e. The van der Waals surface area contributed by atoms with Crippen LogP contribution in [0.1, 0.15) is 59.9 Å². The second kappa shape index (κ2) is 11.4. The van der Waals surface area contributed by atoms with Gasteiger partial charge in [0.25, 0.3) is 5.79 Å². The van der Waals surface area contributed by atoms with Crippen LogP contribution in [0.5, 0.6) is 11.5 Å². The van der Waals surface area contributed by atoms with Crippen molar-refractivity contribution >= 4 is 40.7 Å². The number of amides is 1. The predicted molar refractivity (Wildman–Crippen MR) is 160 cm³/mol. The summed E-state index contributed by atoms with van der Waals surface area (Å²) in [7, 11) is 0. The van der Waals surface area contributed by atoms with Gasteiger partial charge in [0.2, 0.25) is 5.91 Å². The number of piperidine rings is 1. The lowest BCUT2D eigenvalue weighted by Gasteiger charge is -2.32. The third-order valence-corrected chi connectivity index (χ3v) is 8.27. The molecule has 222 valence electrons. The Bertz CT molecular complexity index is 1760. The van der Waals surface area contributed by atoms with Gasteiger partial charge < -0.3 is 19.1 Å². The molecule has 1 atom stereocenters. The van der Waals surface area contributed by atoms with Gasteiger partial charge in [0.15, 0.2) is 11.5 Å². The van der Waals surface area contributed by atoms with Crippen LogP contribution in [0.3, 0.4) is 0 Å².